The minimum atomic E-state index is -3.59. The largest absolute Gasteiger partial charge is 0.476 e. The second-order valence-electron chi connectivity index (χ2n) is 6.11. The van der Waals surface area contributed by atoms with Crippen LogP contribution in [-0.2, 0) is 14.8 Å². The monoisotopic (exact) mass is 460 g/mol. The Balaban J connectivity index is 1.61. The van der Waals surface area contributed by atoms with Gasteiger partial charge in [0.05, 0.1) is 18.5 Å². The van der Waals surface area contributed by atoms with Gasteiger partial charge in [0, 0.05) is 27.2 Å². The minimum absolute atomic E-state index is 0.109. The number of benzene rings is 2. The second-order valence-corrected chi connectivity index (χ2v) is 10.1. The molecule has 0 spiro atoms. The summed E-state index contributed by atoms with van der Waals surface area (Å²) in [7, 11) is -3.59. The van der Waals surface area contributed by atoms with Crippen LogP contribution in [0.5, 0.6) is 5.75 Å². The van der Waals surface area contributed by atoms with Crippen molar-refractivity contribution in [3.63, 3.8) is 0 Å². The number of sulfonamides is 1. The number of carbonyl (C=O) groups excluding carboxylic acids is 1. The molecule has 3 rings (SSSR count). The molecular weight excluding hydrogens is 443 g/mol. The topological polar surface area (TPSA) is 75.7 Å². The zero-order valence-electron chi connectivity index (χ0n) is 14.9. The third-order valence-corrected chi connectivity index (χ3v) is 6.61. The quantitative estimate of drug-likeness (QED) is 0.527. The van der Waals surface area contributed by atoms with Crippen LogP contribution in [0.15, 0.2) is 47.4 Å². The minimum Gasteiger partial charge on any atom is -0.476 e. The Bertz CT molecular complexity index is 968. The smallest absolute Gasteiger partial charge is 0.263 e. The molecule has 0 bridgehead atoms. The number of thioether (sulfide) groups is 1. The number of fused-ring (bicyclic) bond motifs is 1. The second kappa shape index (κ2) is 8.82. The summed E-state index contributed by atoms with van der Waals surface area (Å²) in [4.78, 5) is 13.5. The van der Waals surface area contributed by atoms with Crippen LogP contribution in [0, 0.1) is 0 Å². The first-order valence-corrected chi connectivity index (χ1v) is 11.9. The lowest BCUT2D eigenvalue weighted by molar-refractivity contribution is -0.127. The molecule has 0 fully saturated rings. The number of rotatable bonds is 6. The lowest BCUT2D eigenvalue weighted by Gasteiger charge is -2.34. The zero-order valence-corrected chi connectivity index (χ0v) is 18.0. The van der Waals surface area contributed by atoms with Crippen molar-refractivity contribution >= 4 is 56.6 Å². The van der Waals surface area contributed by atoms with Gasteiger partial charge >= 0.3 is 0 Å². The van der Waals surface area contributed by atoms with Crippen molar-refractivity contribution in [3.8, 4) is 5.75 Å². The van der Waals surface area contributed by atoms with E-state index in [9.17, 15) is 13.2 Å². The Morgan fingerprint density at radius 3 is 2.57 bits per heavy atom. The van der Waals surface area contributed by atoms with Crippen molar-refractivity contribution in [2.75, 3.05) is 29.4 Å². The summed E-state index contributed by atoms with van der Waals surface area (Å²) < 4.78 is 31.2. The van der Waals surface area contributed by atoms with Gasteiger partial charge < -0.3 is 10.1 Å². The molecule has 10 heteroatoms. The fraction of sp³-hybridized carbons (Fsp3) is 0.278. The van der Waals surface area contributed by atoms with Crippen LogP contribution >= 0.6 is 35.0 Å². The van der Waals surface area contributed by atoms with Gasteiger partial charge in [0.15, 0.2) is 6.10 Å². The average Bonchev–Trinajstić information content (AvgIpc) is 2.64. The first-order chi connectivity index (χ1) is 13.2. The molecule has 150 valence electrons. The number of hydrogen-bond donors (Lipinski definition) is 1. The molecule has 6 nitrogen and oxygen atoms in total. The Kier molecular flexibility index (Phi) is 6.65. The number of nitrogens with zero attached hydrogens (tertiary/aromatic N) is 1. The molecule has 1 N–H and O–H groups in total. The van der Waals surface area contributed by atoms with Gasteiger partial charge in [-0.15, -0.1) is 11.8 Å². The average molecular weight is 461 g/mol. The van der Waals surface area contributed by atoms with Crippen molar-refractivity contribution in [3.05, 3.63) is 52.5 Å². The van der Waals surface area contributed by atoms with E-state index in [4.69, 9.17) is 27.9 Å². The molecule has 0 saturated carbocycles. The van der Waals surface area contributed by atoms with Crippen LogP contribution in [0.25, 0.3) is 0 Å². The highest BCUT2D eigenvalue weighted by atomic mass is 35.5. The number of anilines is 1. The number of ether oxygens (including phenoxy) is 1. The van der Waals surface area contributed by atoms with Gasteiger partial charge in [-0.2, -0.15) is 0 Å². The SMILES string of the molecule is CS(=O)(=O)N1C[C@@H](C(=O)NCCSc2ccc(Cl)cc2)Oc2ccc(Cl)cc21. The van der Waals surface area contributed by atoms with Crippen molar-refractivity contribution in [2.45, 2.75) is 11.0 Å². The zero-order chi connectivity index (χ0) is 20.3. The van der Waals surface area contributed by atoms with E-state index < -0.39 is 16.1 Å². The number of carbonyl (C=O) groups is 1. The third kappa shape index (κ3) is 5.26. The standard InChI is InChI=1S/C18H18Cl2N2O4S2/c1-28(24,25)22-11-17(26-16-7-4-13(20)10-15(16)22)18(23)21-8-9-27-14-5-2-12(19)3-6-14/h2-7,10,17H,8-9,11H2,1H3,(H,21,23)/t17-/m0/s1. The summed E-state index contributed by atoms with van der Waals surface area (Å²) in [5.41, 5.74) is 0.331. The Morgan fingerprint density at radius 1 is 1.21 bits per heavy atom. The number of nitrogens with one attached hydrogen (secondary N) is 1. The summed E-state index contributed by atoms with van der Waals surface area (Å²) in [6.07, 6.45) is 0.143. The summed E-state index contributed by atoms with van der Waals surface area (Å²) in [6.45, 7) is 0.306. The highest BCUT2D eigenvalue weighted by molar-refractivity contribution is 7.99. The molecule has 2 aromatic rings. The van der Waals surface area contributed by atoms with E-state index in [0.29, 0.717) is 33.8 Å². The van der Waals surface area contributed by atoms with Crippen LogP contribution in [0.3, 0.4) is 0 Å². The Hall–Kier alpha value is -1.61. The van der Waals surface area contributed by atoms with E-state index in [2.05, 4.69) is 5.32 Å². The highest BCUT2D eigenvalue weighted by Gasteiger charge is 2.35. The molecule has 1 atom stereocenters. The summed E-state index contributed by atoms with van der Waals surface area (Å²) in [6, 6.07) is 12.1. The van der Waals surface area contributed by atoms with Crippen LogP contribution < -0.4 is 14.4 Å². The van der Waals surface area contributed by atoms with E-state index in [0.717, 1.165) is 15.5 Å². The lowest BCUT2D eigenvalue weighted by atomic mass is 10.2. The molecule has 0 aliphatic carbocycles. The normalized spacial score (nSPS) is 16.2. The third-order valence-electron chi connectivity index (χ3n) is 3.97. The molecule has 1 heterocycles. The first-order valence-electron chi connectivity index (χ1n) is 8.34. The van der Waals surface area contributed by atoms with Gasteiger partial charge in [0.1, 0.15) is 5.75 Å². The summed E-state index contributed by atoms with van der Waals surface area (Å²) in [5.74, 6) is 0.588. The molecule has 0 radical (unpaired) electrons. The van der Waals surface area contributed by atoms with Crippen LogP contribution in [0.1, 0.15) is 0 Å². The van der Waals surface area contributed by atoms with E-state index in [1.54, 1.807) is 23.9 Å². The maximum atomic E-state index is 12.5. The Labute approximate surface area is 178 Å². The van der Waals surface area contributed by atoms with Crippen molar-refractivity contribution < 1.29 is 17.9 Å². The predicted molar refractivity (Wildman–Crippen MR) is 113 cm³/mol. The molecule has 28 heavy (non-hydrogen) atoms. The van der Waals surface area contributed by atoms with Gasteiger partial charge in [-0.3, -0.25) is 9.10 Å². The fourth-order valence-electron chi connectivity index (χ4n) is 2.66. The number of halogens is 2. The van der Waals surface area contributed by atoms with E-state index in [-0.39, 0.29) is 12.5 Å². The van der Waals surface area contributed by atoms with Crippen LogP contribution in [-0.4, -0.2) is 45.5 Å². The van der Waals surface area contributed by atoms with Gasteiger partial charge in [0.2, 0.25) is 10.0 Å². The van der Waals surface area contributed by atoms with E-state index in [1.165, 1.54) is 6.07 Å². The molecule has 0 aromatic heterocycles. The summed E-state index contributed by atoms with van der Waals surface area (Å²) >= 11 is 13.4. The molecule has 1 aliphatic heterocycles. The molecule has 2 aromatic carbocycles. The van der Waals surface area contributed by atoms with Gasteiger partial charge in [-0.1, -0.05) is 23.2 Å². The van der Waals surface area contributed by atoms with Crippen molar-refractivity contribution in [2.24, 2.45) is 0 Å². The summed E-state index contributed by atoms with van der Waals surface area (Å²) in [5, 5.41) is 3.85. The van der Waals surface area contributed by atoms with Crippen molar-refractivity contribution in [1.82, 2.24) is 5.32 Å². The number of hydrogen-bond acceptors (Lipinski definition) is 5. The van der Waals surface area contributed by atoms with Gasteiger partial charge in [-0.25, -0.2) is 8.42 Å². The van der Waals surface area contributed by atoms with Gasteiger partial charge in [0.25, 0.3) is 5.91 Å². The Morgan fingerprint density at radius 2 is 1.89 bits per heavy atom. The van der Waals surface area contributed by atoms with E-state index in [1.807, 2.05) is 24.3 Å². The van der Waals surface area contributed by atoms with Crippen LogP contribution in [0.2, 0.25) is 10.0 Å². The molecule has 0 unspecified atom stereocenters. The molecule has 1 aliphatic rings. The molecule has 1 amide bonds. The maximum Gasteiger partial charge on any atom is 0.263 e. The van der Waals surface area contributed by atoms with Gasteiger partial charge in [-0.05, 0) is 42.5 Å². The first kappa shape index (κ1) is 21.1. The van der Waals surface area contributed by atoms with E-state index >= 15 is 0 Å². The lowest BCUT2D eigenvalue weighted by Crippen LogP contribution is -2.50. The molecule has 0 saturated heterocycles. The van der Waals surface area contributed by atoms with Crippen molar-refractivity contribution in [1.29, 1.82) is 0 Å². The predicted octanol–water partition coefficient (Wildman–Crippen LogP) is 3.43. The highest BCUT2D eigenvalue weighted by Crippen LogP contribution is 2.37. The van der Waals surface area contributed by atoms with Crippen LogP contribution in [0.4, 0.5) is 5.69 Å². The fourth-order valence-corrected chi connectivity index (χ4v) is 4.63. The molecular formula is C18H18Cl2N2O4S2. The maximum absolute atomic E-state index is 12.5. The number of amides is 1.